The molecule has 0 unspecified atom stereocenters. The van der Waals surface area contributed by atoms with E-state index in [2.05, 4.69) is 56.9 Å². The van der Waals surface area contributed by atoms with Crippen LogP contribution in [0.1, 0.15) is 47.4 Å². The minimum Gasteiger partial charge on any atom is -0.260 e. The van der Waals surface area contributed by atoms with Gasteiger partial charge in [0.1, 0.15) is 0 Å². The van der Waals surface area contributed by atoms with Crippen molar-refractivity contribution in [2.45, 2.75) is 39.5 Å². The van der Waals surface area contributed by atoms with Gasteiger partial charge in [-0.1, -0.05) is 32.0 Å². The molecular formula is C17H19N. The van der Waals surface area contributed by atoms with E-state index in [9.17, 15) is 0 Å². The highest BCUT2D eigenvalue weighted by Crippen LogP contribution is 2.41. The van der Waals surface area contributed by atoms with E-state index in [1.165, 1.54) is 33.5 Å². The third-order valence-corrected chi connectivity index (χ3v) is 4.32. The first kappa shape index (κ1) is 11.5. The second-order valence-corrected chi connectivity index (χ2v) is 5.86. The summed E-state index contributed by atoms with van der Waals surface area (Å²) in [4.78, 5) is 4.66. The third kappa shape index (κ3) is 1.43. The summed E-state index contributed by atoms with van der Waals surface area (Å²) in [6, 6.07) is 8.76. The van der Waals surface area contributed by atoms with E-state index < -0.39 is 0 Å². The van der Waals surface area contributed by atoms with Crippen LogP contribution >= 0.6 is 0 Å². The topological polar surface area (TPSA) is 12.9 Å². The lowest BCUT2D eigenvalue weighted by Gasteiger charge is -2.35. The molecule has 1 heterocycles. The molecule has 0 saturated carbocycles. The van der Waals surface area contributed by atoms with Crippen LogP contribution in [0.3, 0.4) is 0 Å². The fourth-order valence-corrected chi connectivity index (χ4v) is 3.18. The number of pyridine rings is 1. The lowest BCUT2D eigenvalue weighted by atomic mass is 9.70. The van der Waals surface area contributed by atoms with E-state index in [-0.39, 0.29) is 5.41 Å². The molecule has 1 aromatic carbocycles. The van der Waals surface area contributed by atoms with Crippen LogP contribution in [-0.4, -0.2) is 4.98 Å². The zero-order chi connectivity index (χ0) is 12.9. The maximum Gasteiger partial charge on any atom is 0.0541 e. The molecule has 0 bridgehead atoms. The number of hydrogen-bond acceptors (Lipinski definition) is 1. The van der Waals surface area contributed by atoms with Crippen LogP contribution in [0.25, 0.3) is 0 Å². The monoisotopic (exact) mass is 237 g/mol. The molecule has 92 valence electrons. The highest BCUT2D eigenvalue weighted by atomic mass is 14.7. The van der Waals surface area contributed by atoms with Crippen LogP contribution in [0, 0.1) is 13.8 Å². The average molecular weight is 237 g/mol. The van der Waals surface area contributed by atoms with Crippen molar-refractivity contribution in [3.05, 3.63) is 64.0 Å². The molecule has 0 amide bonds. The fourth-order valence-electron chi connectivity index (χ4n) is 3.18. The summed E-state index contributed by atoms with van der Waals surface area (Å²) in [6.45, 7) is 8.98. The molecule has 3 rings (SSSR count). The number of hydrogen-bond donors (Lipinski definition) is 0. The Hall–Kier alpha value is -1.63. The number of aryl methyl sites for hydroxylation is 2. The van der Waals surface area contributed by atoms with Crippen LogP contribution in [0.4, 0.5) is 0 Å². The molecule has 2 aromatic rings. The molecule has 0 saturated heterocycles. The summed E-state index contributed by atoms with van der Waals surface area (Å²) in [7, 11) is 0. The Bertz CT molecular complexity index is 570. The summed E-state index contributed by atoms with van der Waals surface area (Å²) in [5.41, 5.74) is 8.38. The summed E-state index contributed by atoms with van der Waals surface area (Å²) < 4.78 is 0. The molecule has 0 radical (unpaired) electrons. The van der Waals surface area contributed by atoms with Gasteiger partial charge in [0.2, 0.25) is 0 Å². The van der Waals surface area contributed by atoms with Gasteiger partial charge in [0.05, 0.1) is 5.69 Å². The van der Waals surface area contributed by atoms with E-state index >= 15 is 0 Å². The second kappa shape index (κ2) is 3.68. The SMILES string of the molecule is Cc1cccc2c1Cc1c(C)ccnc1C2(C)C. The molecule has 0 fully saturated rings. The molecule has 1 aromatic heterocycles. The summed E-state index contributed by atoms with van der Waals surface area (Å²) in [6.07, 6.45) is 2.97. The Kier molecular flexibility index (Phi) is 2.34. The van der Waals surface area contributed by atoms with Crippen LogP contribution in [0.5, 0.6) is 0 Å². The number of fused-ring (bicyclic) bond motifs is 2. The van der Waals surface area contributed by atoms with Crippen molar-refractivity contribution in [3.63, 3.8) is 0 Å². The van der Waals surface area contributed by atoms with Crippen LogP contribution < -0.4 is 0 Å². The van der Waals surface area contributed by atoms with Gasteiger partial charge < -0.3 is 0 Å². The molecule has 1 nitrogen and oxygen atoms in total. The first-order valence-corrected chi connectivity index (χ1v) is 6.55. The predicted molar refractivity (Wildman–Crippen MR) is 75.1 cm³/mol. The van der Waals surface area contributed by atoms with E-state index in [1.54, 1.807) is 0 Å². The summed E-state index contributed by atoms with van der Waals surface area (Å²) >= 11 is 0. The molecule has 1 heteroatoms. The van der Waals surface area contributed by atoms with Crippen molar-refractivity contribution < 1.29 is 0 Å². The van der Waals surface area contributed by atoms with Crippen molar-refractivity contribution in [1.29, 1.82) is 0 Å². The van der Waals surface area contributed by atoms with Gasteiger partial charge in [-0.2, -0.15) is 0 Å². The van der Waals surface area contributed by atoms with E-state index in [0.29, 0.717) is 0 Å². The number of nitrogens with zero attached hydrogens (tertiary/aromatic N) is 1. The summed E-state index contributed by atoms with van der Waals surface area (Å²) in [5, 5.41) is 0. The van der Waals surface area contributed by atoms with Gasteiger partial charge >= 0.3 is 0 Å². The predicted octanol–water partition coefficient (Wildman–Crippen LogP) is 3.93. The molecule has 1 aliphatic rings. The molecule has 0 spiro atoms. The van der Waals surface area contributed by atoms with Gasteiger partial charge in [0.25, 0.3) is 0 Å². The Morgan fingerprint density at radius 2 is 1.72 bits per heavy atom. The normalized spacial score (nSPS) is 16.0. The maximum absolute atomic E-state index is 4.66. The Morgan fingerprint density at radius 1 is 1.00 bits per heavy atom. The fraction of sp³-hybridized carbons (Fsp3) is 0.353. The smallest absolute Gasteiger partial charge is 0.0541 e. The van der Waals surface area contributed by atoms with E-state index in [1.807, 2.05) is 6.20 Å². The molecule has 0 atom stereocenters. The minimum absolute atomic E-state index is 0.0148. The van der Waals surface area contributed by atoms with Crippen molar-refractivity contribution in [2.24, 2.45) is 0 Å². The first-order valence-electron chi connectivity index (χ1n) is 6.55. The van der Waals surface area contributed by atoms with Crippen LogP contribution in [-0.2, 0) is 11.8 Å². The minimum atomic E-state index is 0.0148. The molecular weight excluding hydrogens is 218 g/mol. The van der Waals surface area contributed by atoms with Gasteiger partial charge in [0.15, 0.2) is 0 Å². The molecule has 1 aliphatic carbocycles. The third-order valence-electron chi connectivity index (χ3n) is 4.32. The standard InChI is InChI=1S/C17H19N/c1-11-6-5-7-15-13(11)10-14-12(2)8-9-18-16(14)17(15,3)4/h5-9H,10H2,1-4H3. The first-order chi connectivity index (χ1) is 8.51. The van der Waals surface area contributed by atoms with Gasteiger partial charge in [-0.3, -0.25) is 4.98 Å². The van der Waals surface area contributed by atoms with Gasteiger partial charge in [-0.15, -0.1) is 0 Å². The van der Waals surface area contributed by atoms with Crippen molar-refractivity contribution in [1.82, 2.24) is 4.98 Å². The Labute approximate surface area is 109 Å². The zero-order valence-electron chi connectivity index (χ0n) is 11.5. The summed E-state index contributed by atoms with van der Waals surface area (Å²) in [5.74, 6) is 0. The van der Waals surface area contributed by atoms with E-state index in [0.717, 1.165) is 6.42 Å². The van der Waals surface area contributed by atoms with Crippen molar-refractivity contribution in [3.8, 4) is 0 Å². The average Bonchev–Trinajstić information content (AvgIpc) is 2.32. The van der Waals surface area contributed by atoms with Crippen LogP contribution in [0.15, 0.2) is 30.5 Å². The van der Waals surface area contributed by atoms with Crippen LogP contribution in [0.2, 0.25) is 0 Å². The van der Waals surface area contributed by atoms with Crippen molar-refractivity contribution >= 4 is 0 Å². The second-order valence-electron chi connectivity index (χ2n) is 5.86. The van der Waals surface area contributed by atoms with Gasteiger partial charge in [-0.25, -0.2) is 0 Å². The van der Waals surface area contributed by atoms with E-state index in [4.69, 9.17) is 0 Å². The highest BCUT2D eigenvalue weighted by molar-refractivity contribution is 5.54. The zero-order valence-corrected chi connectivity index (χ0v) is 11.5. The lowest BCUT2D eigenvalue weighted by molar-refractivity contribution is 0.584. The highest BCUT2D eigenvalue weighted by Gasteiger charge is 2.34. The quantitative estimate of drug-likeness (QED) is 0.676. The van der Waals surface area contributed by atoms with Gasteiger partial charge in [-0.05, 0) is 47.7 Å². The maximum atomic E-state index is 4.66. The Balaban J connectivity index is 2.33. The largest absolute Gasteiger partial charge is 0.260 e. The molecule has 0 N–H and O–H groups in total. The number of rotatable bonds is 0. The van der Waals surface area contributed by atoms with Gasteiger partial charge in [0, 0.05) is 18.0 Å². The van der Waals surface area contributed by atoms with Crippen molar-refractivity contribution in [2.75, 3.05) is 0 Å². The lowest BCUT2D eigenvalue weighted by Crippen LogP contribution is -2.29. The molecule has 18 heavy (non-hydrogen) atoms. The molecule has 0 aliphatic heterocycles. The Morgan fingerprint density at radius 3 is 2.50 bits per heavy atom. The number of aromatic nitrogens is 1. The number of benzene rings is 1.